The fourth-order valence-corrected chi connectivity index (χ4v) is 3.84. The lowest BCUT2D eigenvalue weighted by molar-refractivity contribution is 0.0943. The average molecular weight is 368 g/mol. The maximum atomic E-state index is 12.2. The van der Waals surface area contributed by atoms with Crippen molar-refractivity contribution in [2.24, 2.45) is 18.9 Å². The highest BCUT2D eigenvalue weighted by molar-refractivity contribution is 5.91. The largest absolute Gasteiger partial charge is 0.347 e. The van der Waals surface area contributed by atoms with Gasteiger partial charge in [-0.1, -0.05) is 38.1 Å². The van der Waals surface area contributed by atoms with Crippen LogP contribution in [0.25, 0.3) is 0 Å². The van der Waals surface area contributed by atoms with E-state index in [9.17, 15) is 9.59 Å². The van der Waals surface area contributed by atoms with Gasteiger partial charge in [-0.05, 0) is 35.4 Å². The Labute approximate surface area is 160 Å². The number of piperidine rings is 1. The zero-order valence-corrected chi connectivity index (χ0v) is 16.3. The smallest absolute Gasteiger partial charge is 0.271 e. The van der Waals surface area contributed by atoms with Crippen molar-refractivity contribution >= 4 is 5.91 Å². The van der Waals surface area contributed by atoms with Gasteiger partial charge in [0, 0.05) is 39.3 Å². The van der Waals surface area contributed by atoms with E-state index >= 15 is 0 Å². The summed E-state index contributed by atoms with van der Waals surface area (Å²) in [4.78, 5) is 26.1. The monoisotopic (exact) mass is 368 g/mol. The van der Waals surface area contributed by atoms with Crippen molar-refractivity contribution in [2.75, 3.05) is 13.1 Å². The second-order valence-corrected chi connectivity index (χ2v) is 7.82. The normalized spacial score (nSPS) is 20.4. The molecule has 1 fully saturated rings. The number of hydrogen-bond acceptors (Lipinski definition) is 4. The van der Waals surface area contributed by atoms with Crippen molar-refractivity contribution in [3.63, 3.8) is 0 Å². The minimum atomic E-state index is -0.286. The van der Waals surface area contributed by atoms with Gasteiger partial charge in [0.25, 0.3) is 11.5 Å². The Hall–Kier alpha value is -2.47. The topological polar surface area (TPSA) is 67.2 Å². The predicted molar refractivity (Wildman–Crippen MR) is 105 cm³/mol. The fourth-order valence-electron chi connectivity index (χ4n) is 3.84. The average Bonchev–Trinajstić information content (AvgIpc) is 2.62. The first-order valence-corrected chi connectivity index (χ1v) is 9.53. The molecule has 0 spiro atoms. The third-order valence-corrected chi connectivity index (χ3v) is 5.02. The molecule has 1 saturated heterocycles. The molecule has 0 radical (unpaired) electrons. The number of hydrogen-bond donors (Lipinski definition) is 1. The number of aromatic nitrogens is 2. The van der Waals surface area contributed by atoms with Gasteiger partial charge in [0.1, 0.15) is 5.69 Å². The molecule has 1 aliphatic rings. The van der Waals surface area contributed by atoms with Gasteiger partial charge >= 0.3 is 0 Å². The molecule has 0 unspecified atom stereocenters. The van der Waals surface area contributed by atoms with Crippen LogP contribution in [0.5, 0.6) is 0 Å². The molecule has 1 amide bonds. The number of carbonyl (C=O) groups is 1. The molecule has 6 nitrogen and oxygen atoms in total. The van der Waals surface area contributed by atoms with Crippen molar-refractivity contribution in [1.82, 2.24) is 20.0 Å². The lowest BCUT2D eigenvalue weighted by Gasteiger charge is -2.35. The Bertz CT molecular complexity index is 834. The van der Waals surface area contributed by atoms with Crippen LogP contribution in [0.3, 0.4) is 0 Å². The summed E-state index contributed by atoms with van der Waals surface area (Å²) in [5, 5.41) is 6.81. The third-order valence-electron chi connectivity index (χ3n) is 5.02. The highest BCUT2D eigenvalue weighted by atomic mass is 16.2. The van der Waals surface area contributed by atoms with E-state index in [1.807, 2.05) is 0 Å². The molecule has 0 aliphatic carbocycles. The highest BCUT2D eigenvalue weighted by Crippen LogP contribution is 2.22. The minimum Gasteiger partial charge on any atom is -0.347 e. The van der Waals surface area contributed by atoms with E-state index in [0.717, 1.165) is 41.7 Å². The quantitative estimate of drug-likeness (QED) is 0.878. The Balaban J connectivity index is 1.53. The molecule has 6 heteroatoms. The molecule has 1 aliphatic heterocycles. The molecule has 0 bridgehead atoms. The second-order valence-electron chi connectivity index (χ2n) is 7.82. The Morgan fingerprint density at radius 1 is 1.07 bits per heavy atom. The maximum Gasteiger partial charge on any atom is 0.271 e. The number of likely N-dealkylation sites (tertiary alicyclic amines) is 1. The van der Waals surface area contributed by atoms with Crippen LogP contribution in [-0.2, 0) is 20.1 Å². The molecule has 0 saturated carbocycles. The number of amides is 1. The minimum absolute atomic E-state index is 0.236. The molecule has 27 heavy (non-hydrogen) atoms. The van der Waals surface area contributed by atoms with Crippen LogP contribution >= 0.6 is 0 Å². The summed E-state index contributed by atoms with van der Waals surface area (Å²) in [6.45, 7) is 8.38. The van der Waals surface area contributed by atoms with Crippen LogP contribution in [0, 0.1) is 11.8 Å². The van der Waals surface area contributed by atoms with E-state index in [0.29, 0.717) is 6.54 Å². The summed E-state index contributed by atoms with van der Waals surface area (Å²) in [7, 11) is 1.53. The van der Waals surface area contributed by atoms with Crippen molar-refractivity contribution in [3.8, 4) is 0 Å². The summed E-state index contributed by atoms with van der Waals surface area (Å²) in [5.41, 5.74) is 2.34. The number of aryl methyl sites for hydroxylation is 1. The van der Waals surface area contributed by atoms with Crippen LogP contribution in [-0.4, -0.2) is 33.7 Å². The van der Waals surface area contributed by atoms with Gasteiger partial charge in [-0.3, -0.25) is 14.5 Å². The van der Waals surface area contributed by atoms with Gasteiger partial charge in [0.05, 0.1) is 0 Å². The van der Waals surface area contributed by atoms with Gasteiger partial charge in [-0.25, -0.2) is 4.68 Å². The van der Waals surface area contributed by atoms with Crippen LogP contribution in [0.4, 0.5) is 0 Å². The zero-order valence-electron chi connectivity index (χ0n) is 16.3. The van der Waals surface area contributed by atoms with E-state index in [-0.39, 0.29) is 17.2 Å². The number of nitrogens with one attached hydrogen (secondary N) is 1. The summed E-state index contributed by atoms with van der Waals surface area (Å²) in [6, 6.07) is 11.2. The Kier molecular flexibility index (Phi) is 6.06. The van der Waals surface area contributed by atoms with Gasteiger partial charge in [0.2, 0.25) is 0 Å². The van der Waals surface area contributed by atoms with Crippen molar-refractivity contribution in [3.05, 3.63) is 63.6 Å². The first-order chi connectivity index (χ1) is 12.9. The van der Waals surface area contributed by atoms with Gasteiger partial charge in [-0.2, -0.15) is 5.10 Å². The fraction of sp³-hybridized carbons (Fsp3) is 0.476. The first-order valence-electron chi connectivity index (χ1n) is 9.53. The van der Waals surface area contributed by atoms with E-state index < -0.39 is 0 Å². The lowest BCUT2D eigenvalue weighted by Crippen LogP contribution is -2.38. The summed E-state index contributed by atoms with van der Waals surface area (Å²) < 4.78 is 1.16. The van der Waals surface area contributed by atoms with Crippen molar-refractivity contribution < 1.29 is 4.79 Å². The van der Waals surface area contributed by atoms with Crippen molar-refractivity contribution in [2.45, 2.75) is 33.4 Å². The van der Waals surface area contributed by atoms with Gasteiger partial charge < -0.3 is 5.32 Å². The van der Waals surface area contributed by atoms with E-state index in [2.05, 4.69) is 53.4 Å². The predicted octanol–water partition coefficient (Wildman–Crippen LogP) is 2.19. The molecule has 1 aromatic carbocycles. The lowest BCUT2D eigenvalue weighted by atomic mass is 9.91. The molecule has 1 N–H and O–H groups in total. The standard InChI is InChI=1S/C21H28N4O2/c1-15-10-16(2)13-25(12-15)14-18-6-4-17(5-7-18)11-22-21(27)19-8-9-20(26)24(3)23-19/h4-9,15-16H,10-14H2,1-3H3,(H,22,27)/t15-,16-/m0/s1. The van der Waals surface area contributed by atoms with Gasteiger partial charge in [-0.15, -0.1) is 0 Å². The molecule has 2 aromatic rings. The van der Waals surface area contributed by atoms with Crippen molar-refractivity contribution in [1.29, 1.82) is 0 Å². The molecule has 2 heterocycles. The second kappa shape index (κ2) is 8.48. The number of benzene rings is 1. The van der Waals surface area contributed by atoms with Crippen LogP contribution < -0.4 is 10.9 Å². The van der Waals surface area contributed by atoms with Crippen LogP contribution in [0.15, 0.2) is 41.2 Å². The molecular weight excluding hydrogens is 340 g/mol. The Morgan fingerprint density at radius 2 is 1.70 bits per heavy atom. The maximum absolute atomic E-state index is 12.2. The molecular formula is C21H28N4O2. The Morgan fingerprint density at radius 3 is 2.33 bits per heavy atom. The molecule has 1 aromatic heterocycles. The van der Waals surface area contributed by atoms with Crippen LogP contribution in [0.1, 0.15) is 41.9 Å². The first kappa shape index (κ1) is 19.3. The van der Waals surface area contributed by atoms with E-state index in [1.54, 1.807) is 0 Å². The van der Waals surface area contributed by atoms with Gasteiger partial charge in [0.15, 0.2) is 0 Å². The van der Waals surface area contributed by atoms with Crippen LogP contribution in [0.2, 0.25) is 0 Å². The summed E-state index contributed by atoms with van der Waals surface area (Å²) >= 11 is 0. The molecule has 144 valence electrons. The zero-order chi connectivity index (χ0) is 19.4. The number of nitrogens with zero attached hydrogens (tertiary/aromatic N) is 3. The molecule has 3 rings (SSSR count). The summed E-state index contributed by atoms with van der Waals surface area (Å²) in [6.07, 6.45) is 1.32. The molecule has 2 atom stereocenters. The summed E-state index contributed by atoms with van der Waals surface area (Å²) in [5.74, 6) is 1.23. The highest BCUT2D eigenvalue weighted by Gasteiger charge is 2.21. The third kappa shape index (κ3) is 5.26. The SMILES string of the molecule is C[C@H]1C[C@H](C)CN(Cc2ccc(CNC(=O)c3ccc(=O)n(C)n3)cc2)C1. The number of carbonyl (C=O) groups excluding carboxylic acids is 1. The van der Waals surface area contributed by atoms with E-state index in [1.165, 1.54) is 31.2 Å². The van der Waals surface area contributed by atoms with E-state index in [4.69, 9.17) is 0 Å². The number of rotatable bonds is 5.